The molecule has 0 spiro atoms. The molecule has 3 N–H and O–H groups in total. The highest BCUT2D eigenvalue weighted by atomic mass is 16.5. The molecule has 67 heavy (non-hydrogen) atoms. The van der Waals surface area contributed by atoms with Crippen molar-refractivity contribution in [1.29, 1.82) is 0 Å². The molecular weight excluding hydrogens is 827 g/mol. The van der Waals surface area contributed by atoms with E-state index in [2.05, 4.69) is 19.2 Å². The van der Waals surface area contributed by atoms with Crippen LogP contribution in [0.3, 0.4) is 0 Å². The summed E-state index contributed by atoms with van der Waals surface area (Å²) >= 11 is 0. The summed E-state index contributed by atoms with van der Waals surface area (Å²) in [7, 11) is 0. The van der Waals surface area contributed by atoms with Gasteiger partial charge in [-0.25, -0.2) is 0 Å². The average Bonchev–Trinajstić information content (AvgIpc) is 3.33. The summed E-state index contributed by atoms with van der Waals surface area (Å²) in [4.78, 5) is 24.6. The van der Waals surface area contributed by atoms with E-state index in [1.165, 1.54) is 257 Å². The lowest BCUT2D eigenvalue weighted by Gasteiger charge is -2.20. The number of aliphatic hydroxyl groups excluding tert-OH is 2. The van der Waals surface area contributed by atoms with E-state index in [4.69, 9.17) is 4.74 Å². The topological polar surface area (TPSA) is 95.9 Å². The maximum Gasteiger partial charge on any atom is 0.305 e. The molecule has 2 atom stereocenters. The van der Waals surface area contributed by atoms with Crippen LogP contribution in [-0.2, 0) is 14.3 Å². The third kappa shape index (κ3) is 53.8. The summed E-state index contributed by atoms with van der Waals surface area (Å²) in [6.07, 6.45) is 68.1. The largest absolute Gasteiger partial charge is 0.466 e. The van der Waals surface area contributed by atoms with Crippen molar-refractivity contribution in [3.8, 4) is 0 Å². The van der Waals surface area contributed by atoms with Crippen molar-refractivity contribution in [2.24, 2.45) is 0 Å². The number of amides is 1. The second-order valence-corrected chi connectivity index (χ2v) is 21.0. The molecule has 1 amide bonds. The molecule has 0 heterocycles. The number of esters is 1. The molecule has 398 valence electrons. The van der Waals surface area contributed by atoms with Gasteiger partial charge in [0.25, 0.3) is 0 Å². The standard InChI is InChI=1S/C61H119NO5/c1-3-5-7-9-11-13-15-17-19-21-23-25-27-29-33-37-41-45-49-53-59(64)58(57-63)62-60(65)54-50-46-42-38-34-31-32-36-40-44-48-52-56-67-61(66)55-51-47-43-39-35-30-28-26-24-22-20-18-16-14-12-10-8-6-4-2/h49,53,58-59,63-64H,3-48,50-52,54-57H2,1-2H3,(H,62,65)/b53-49+. The number of nitrogens with one attached hydrogen (secondary N) is 1. The molecule has 0 aliphatic heterocycles. The van der Waals surface area contributed by atoms with Crippen molar-refractivity contribution < 1.29 is 24.5 Å². The minimum absolute atomic E-state index is 0.00509. The first-order valence-electron chi connectivity index (χ1n) is 30.5. The van der Waals surface area contributed by atoms with Crippen molar-refractivity contribution >= 4 is 11.9 Å². The van der Waals surface area contributed by atoms with Gasteiger partial charge in [-0.05, 0) is 32.1 Å². The van der Waals surface area contributed by atoms with E-state index in [-0.39, 0.29) is 18.5 Å². The number of ether oxygens (including phenoxy) is 1. The molecule has 0 aliphatic rings. The lowest BCUT2D eigenvalue weighted by molar-refractivity contribution is -0.143. The minimum atomic E-state index is -0.854. The van der Waals surface area contributed by atoms with Crippen molar-refractivity contribution in [2.45, 2.75) is 353 Å². The molecule has 0 saturated carbocycles. The van der Waals surface area contributed by atoms with E-state index in [9.17, 15) is 19.8 Å². The number of hydrogen-bond donors (Lipinski definition) is 3. The molecule has 0 saturated heterocycles. The smallest absolute Gasteiger partial charge is 0.305 e. The first-order chi connectivity index (χ1) is 33.0. The van der Waals surface area contributed by atoms with E-state index in [1.54, 1.807) is 6.08 Å². The first-order valence-corrected chi connectivity index (χ1v) is 30.5. The summed E-state index contributed by atoms with van der Waals surface area (Å²) in [5, 5.41) is 23.2. The van der Waals surface area contributed by atoms with Crippen molar-refractivity contribution in [1.82, 2.24) is 5.32 Å². The maximum absolute atomic E-state index is 12.5. The Bertz CT molecular complexity index is 1000. The molecule has 0 aromatic heterocycles. The summed E-state index contributed by atoms with van der Waals surface area (Å²) in [5.74, 6) is -0.0848. The number of hydrogen-bond acceptors (Lipinski definition) is 5. The Morgan fingerprint density at radius 1 is 0.403 bits per heavy atom. The molecule has 0 aromatic rings. The number of rotatable bonds is 57. The maximum atomic E-state index is 12.5. The molecule has 0 rings (SSSR count). The van der Waals surface area contributed by atoms with Crippen molar-refractivity contribution in [2.75, 3.05) is 13.2 Å². The summed E-state index contributed by atoms with van der Waals surface area (Å²) < 4.78 is 5.49. The van der Waals surface area contributed by atoms with Crippen molar-refractivity contribution in [3.05, 3.63) is 12.2 Å². The SMILES string of the molecule is CCCCCCCCCCCCCCCCCCC/C=C/C(O)C(CO)NC(=O)CCCCCCCCCCCCCCOC(=O)CCCCCCCCCCCCCCCCCCCCC. The molecule has 2 unspecified atom stereocenters. The highest BCUT2D eigenvalue weighted by Gasteiger charge is 2.18. The van der Waals surface area contributed by atoms with Gasteiger partial charge in [0.2, 0.25) is 5.91 Å². The van der Waals surface area contributed by atoms with Gasteiger partial charge in [-0.1, -0.05) is 309 Å². The number of carbonyl (C=O) groups is 2. The Morgan fingerprint density at radius 2 is 0.687 bits per heavy atom. The third-order valence-electron chi connectivity index (χ3n) is 14.3. The predicted octanol–water partition coefficient (Wildman–Crippen LogP) is 18.9. The fraction of sp³-hybridized carbons (Fsp3) is 0.934. The van der Waals surface area contributed by atoms with E-state index in [0.29, 0.717) is 19.4 Å². The normalized spacial score (nSPS) is 12.6. The number of allylic oxidation sites excluding steroid dienone is 1. The minimum Gasteiger partial charge on any atom is -0.466 e. The first kappa shape index (κ1) is 65.6. The van der Waals surface area contributed by atoms with Crippen LogP contribution in [0.25, 0.3) is 0 Å². The Balaban J connectivity index is 3.45. The molecule has 0 aliphatic carbocycles. The van der Waals surface area contributed by atoms with Gasteiger partial charge in [-0.3, -0.25) is 9.59 Å². The molecule has 0 aromatic carbocycles. The second-order valence-electron chi connectivity index (χ2n) is 21.0. The number of aliphatic hydroxyl groups is 2. The zero-order valence-electron chi connectivity index (χ0n) is 45.4. The van der Waals surface area contributed by atoms with Gasteiger partial charge in [-0.2, -0.15) is 0 Å². The second kappa shape index (κ2) is 57.2. The summed E-state index contributed by atoms with van der Waals surface area (Å²) in [6.45, 7) is 4.90. The van der Waals surface area contributed by atoms with Crippen LogP contribution < -0.4 is 5.32 Å². The van der Waals surface area contributed by atoms with Gasteiger partial charge in [0.15, 0.2) is 0 Å². The van der Waals surface area contributed by atoms with Crippen LogP contribution >= 0.6 is 0 Å². The number of carbonyl (C=O) groups excluding carboxylic acids is 2. The quantitative estimate of drug-likeness (QED) is 0.0321. The molecule has 6 heteroatoms. The van der Waals surface area contributed by atoms with Gasteiger partial charge >= 0.3 is 5.97 Å². The van der Waals surface area contributed by atoms with E-state index in [0.717, 1.165) is 57.8 Å². The molecule has 0 bridgehead atoms. The van der Waals surface area contributed by atoms with Crippen LogP contribution in [0, 0.1) is 0 Å². The van der Waals surface area contributed by atoms with Gasteiger partial charge in [-0.15, -0.1) is 0 Å². The Hall–Kier alpha value is -1.40. The number of unbranched alkanes of at least 4 members (excludes halogenated alkanes) is 46. The Morgan fingerprint density at radius 3 is 1.01 bits per heavy atom. The predicted molar refractivity (Wildman–Crippen MR) is 292 cm³/mol. The lowest BCUT2D eigenvalue weighted by atomic mass is 10.0. The van der Waals surface area contributed by atoms with Gasteiger partial charge < -0.3 is 20.3 Å². The highest BCUT2D eigenvalue weighted by molar-refractivity contribution is 5.76. The monoisotopic (exact) mass is 946 g/mol. The average molecular weight is 947 g/mol. The lowest BCUT2D eigenvalue weighted by Crippen LogP contribution is -2.45. The molecule has 0 radical (unpaired) electrons. The van der Waals surface area contributed by atoms with Gasteiger partial charge in [0, 0.05) is 12.8 Å². The summed E-state index contributed by atoms with van der Waals surface area (Å²) in [6, 6.07) is -0.639. The fourth-order valence-corrected chi connectivity index (χ4v) is 9.64. The van der Waals surface area contributed by atoms with Crippen LogP contribution in [0.15, 0.2) is 12.2 Å². The highest BCUT2D eigenvalue weighted by Crippen LogP contribution is 2.18. The van der Waals surface area contributed by atoms with Crippen LogP contribution in [0.1, 0.15) is 341 Å². The Labute approximate surface area is 419 Å². The van der Waals surface area contributed by atoms with E-state index >= 15 is 0 Å². The fourth-order valence-electron chi connectivity index (χ4n) is 9.64. The zero-order valence-corrected chi connectivity index (χ0v) is 45.4. The molecular formula is C61H119NO5. The zero-order chi connectivity index (χ0) is 48.6. The van der Waals surface area contributed by atoms with Crippen LogP contribution in [0.4, 0.5) is 0 Å². The van der Waals surface area contributed by atoms with Gasteiger partial charge in [0.05, 0.1) is 25.4 Å². The molecule has 6 nitrogen and oxygen atoms in total. The van der Waals surface area contributed by atoms with Crippen LogP contribution in [-0.4, -0.2) is 47.4 Å². The summed E-state index contributed by atoms with van der Waals surface area (Å²) in [5.41, 5.74) is 0. The van der Waals surface area contributed by atoms with E-state index < -0.39 is 12.1 Å². The third-order valence-corrected chi connectivity index (χ3v) is 14.3. The van der Waals surface area contributed by atoms with Gasteiger partial charge in [0.1, 0.15) is 0 Å². The molecule has 0 fully saturated rings. The Kier molecular flexibility index (Phi) is 56.0. The van der Waals surface area contributed by atoms with Crippen LogP contribution in [0.5, 0.6) is 0 Å². The van der Waals surface area contributed by atoms with E-state index in [1.807, 2.05) is 6.08 Å². The van der Waals surface area contributed by atoms with Crippen LogP contribution in [0.2, 0.25) is 0 Å². The van der Waals surface area contributed by atoms with Crippen molar-refractivity contribution in [3.63, 3.8) is 0 Å².